The molecule has 0 spiro atoms. The molecule has 6 atom stereocenters. The van der Waals surface area contributed by atoms with Crippen LogP contribution in [0.2, 0.25) is 0 Å². The lowest BCUT2D eigenvalue weighted by Crippen LogP contribution is -2.44. The quantitative estimate of drug-likeness (QED) is 0.0485. The van der Waals surface area contributed by atoms with Crippen molar-refractivity contribution in [2.45, 2.75) is 206 Å². The third-order valence-corrected chi connectivity index (χ3v) is 29.9. The van der Waals surface area contributed by atoms with Gasteiger partial charge in [0.15, 0.2) is 23.1 Å². The van der Waals surface area contributed by atoms with Crippen LogP contribution in [0, 0.1) is 0 Å². The molecule has 0 N–H and O–H groups in total. The fourth-order valence-corrected chi connectivity index (χ4v) is 22.7. The van der Waals surface area contributed by atoms with Gasteiger partial charge in [-0.1, -0.05) is 97.1 Å². The van der Waals surface area contributed by atoms with Crippen molar-refractivity contribution in [2.24, 2.45) is 0 Å². The van der Waals surface area contributed by atoms with Crippen molar-refractivity contribution < 1.29 is 71.5 Å². The van der Waals surface area contributed by atoms with E-state index in [1.807, 2.05) is 78.8 Å². The van der Waals surface area contributed by atoms with Crippen LogP contribution in [0.4, 0.5) is 0 Å². The zero-order valence-corrected chi connectivity index (χ0v) is 77.2. The van der Waals surface area contributed by atoms with E-state index in [4.69, 9.17) is 33.2 Å². The number of carbonyl (C=O) groups excluding carboxylic acids is 8. The minimum Gasteiger partial charge on any atom is -0.488 e. The minimum atomic E-state index is -0.325. The number of carbonyl (C=O) groups is 8. The molecule has 23 nitrogen and oxygen atoms in total. The maximum absolute atomic E-state index is 13.0. The molecule has 27 heteroatoms. The number of allylic oxidation sites excluding steroid dienone is 4. The molecular weight excluding hydrogens is 1690 g/mol. The summed E-state index contributed by atoms with van der Waals surface area (Å²) in [6.07, 6.45) is 9.08. The highest BCUT2D eigenvalue weighted by atomic mass is 32.1. The van der Waals surface area contributed by atoms with E-state index in [0.29, 0.717) is 104 Å². The maximum Gasteiger partial charge on any atom is 0.265 e. The highest BCUT2D eigenvalue weighted by Crippen LogP contribution is 2.42. The lowest BCUT2D eigenvalue weighted by Gasteiger charge is -2.35. The van der Waals surface area contributed by atoms with Crippen molar-refractivity contribution in [3.63, 3.8) is 0 Å². The summed E-state index contributed by atoms with van der Waals surface area (Å²) in [4.78, 5) is 123. The van der Waals surface area contributed by atoms with Gasteiger partial charge in [-0.15, -0.1) is 45.3 Å². The van der Waals surface area contributed by atoms with E-state index in [2.05, 4.69) is 114 Å². The summed E-state index contributed by atoms with van der Waals surface area (Å²) in [5.74, 6) is 3.63. The summed E-state index contributed by atoms with van der Waals surface area (Å²) in [7, 11) is 4.09. The first-order valence-electron chi connectivity index (χ1n) is 44.8. The standard InChI is InChI=1S/C27H32N2O4S.C26H30N2O4S.C25H28N2O4S.C23H26N2O3S/c1-17-4-9-24(25(30)10-17)29-14-22-23(27(29)31)16-34-26(22)15-32-21-7-5-20(6-8-21)13-28-11-18(2)33-19(3)12-28;1-18-2-7-23(24(29)14-18)28-15-21-22(26(28)30)17-33-25(21)16-32-20-5-3-19(4-6-20)8-9-27-10-12-31-13-11-27;1-17-2-7-22(23(28)12-17)27-15-19-13-21(32-24(19)25(27)29)16-31-20-5-3-18(4-6-20)14-26-8-10-30-11-9-26;1-15-4-9-20(21(26)10-15)25-12-18-19(23(25)27)14-29-22(18)13-28-17-7-5-16(6-8-17)11-24(2)3/h5-8,16,18-19,24H,1,4,9-15H2,2-3H3;3-6,17,23H,1-2,7-16H2;3-6,13,22H,1-2,7-12,14-16H2;5-8,14,20H,1,4,9-13H2,2-3H3/t18?,19?,24-;23-;22-;20-/m0000/s1. The number of hydrogen-bond acceptors (Lipinski definition) is 23. The highest BCUT2D eigenvalue weighted by molar-refractivity contribution is 7.14. The number of Topliss-reactive ketones (excluding diaryl/α,β-unsaturated/α-hetero) is 4. The Balaban J connectivity index is 0.000000126. The fraction of sp³-hybridized carbons (Fsp3) is 0.446. The Labute approximate surface area is 766 Å². The van der Waals surface area contributed by atoms with Gasteiger partial charge in [0.05, 0.1) is 84.4 Å². The summed E-state index contributed by atoms with van der Waals surface area (Å²) in [6, 6.07) is 33.7. The summed E-state index contributed by atoms with van der Waals surface area (Å²) < 4.78 is 40.7. The molecule has 7 aliphatic heterocycles. The molecule has 128 heavy (non-hydrogen) atoms. The Hall–Kier alpha value is -9.88. The molecule has 4 aromatic heterocycles. The summed E-state index contributed by atoms with van der Waals surface area (Å²) in [5.41, 5.74) is 15.2. The predicted molar refractivity (Wildman–Crippen MR) is 497 cm³/mol. The third kappa shape index (κ3) is 22.4. The van der Waals surface area contributed by atoms with Crippen LogP contribution in [-0.2, 0) is 112 Å². The molecule has 674 valence electrons. The van der Waals surface area contributed by atoms with Crippen LogP contribution >= 0.6 is 45.3 Å². The second-order valence-electron chi connectivity index (χ2n) is 35.8. The average molecular weight is 1810 g/mol. The molecule has 8 aromatic rings. The van der Waals surface area contributed by atoms with Gasteiger partial charge in [0, 0.05) is 170 Å². The SMILES string of the molecule is C=C1CC[C@H](N2Cc3c(csc3COc3ccc(CCN4CCOCC4)cc3)C2=O)C(=O)C1.C=C1CC[C@H](N2Cc3c(csc3COc3ccc(CN(C)C)cc3)C2=O)C(=O)C1.C=C1CC[C@H](N2Cc3c(csc3COc3ccc(CN4CC(C)OC(C)C4)cc3)C2=O)C(=O)C1.C=C1CC[C@H](N2Cc3cc(COc4ccc(CN5CCOCC5)cc4)sc3C2=O)C(=O)C1. The van der Waals surface area contributed by atoms with Crippen molar-refractivity contribution in [3.05, 3.63) is 253 Å². The van der Waals surface area contributed by atoms with Crippen LogP contribution < -0.4 is 18.9 Å². The Morgan fingerprint density at radius 2 is 0.758 bits per heavy atom. The van der Waals surface area contributed by atoms with E-state index in [-0.39, 0.29) is 83.1 Å². The topological polar surface area (TPSA) is 227 Å². The number of benzene rings is 4. The van der Waals surface area contributed by atoms with Gasteiger partial charge in [0.2, 0.25) is 0 Å². The second-order valence-corrected chi connectivity index (χ2v) is 39.8. The van der Waals surface area contributed by atoms with Crippen LogP contribution in [0.1, 0.15) is 196 Å². The van der Waals surface area contributed by atoms with Gasteiger partial charge in [-0.3, -0.25) is 53.1 Å². The number of thiophene rings is 4. The first-order chi connectivity index (χ1) is 61.9. The molecule has 4 aromatic carbocycles. The van der Waals surface area contributed by atoms with E-state index < -0.39 is 0 Å². The Kier molecular flexibility index (Phi) is 29.9. The van der Waals surface area contributed by atoms with Crippen LogP contribution in [0.25, 0.3) is 0 Å². The molecule has 4 amide bonds. The lowest BCUT2D eigenvalue weighted by atomic mass is 9.89. The van der Waals surface area contributed by atoms with Crippen molar-refractivity contribution in [1.29, 1.82) is 0 Å². The van der Waals surface area contributed by atoms with E-state index >= 15 is 0 Å². The van der Waals surface area contributed by atoms with Crippen molar-refractivity contribution >= 4 is 92.1 Å². The molecule has 0 radical (unpaired) electrons. The van der Waals surface area contributed by atoms with Crippen molar-refractivity contribution in [1.82, 2.24) is 39.2 Å². The number of ketones is 4. The number of nitrogens with zero attached hydrogens (tertiary/aromatic N) is 8. The summed E-state index contributed by atoms with van der Waals surface area (Å²) >= 11 is 6.17. The number of ether oxygens (including phenoxy) is 7. The minimum absolute atomic E-state index is 0.0189. The monoisotopic (exact) mass is 1810 g/mol. The van der Waals surface area contributed by atoms with Crippen molar-refractivity contribution in [3.8, 4) is 23.0 Å². The van der Waals surface area contributed by atoms with Gasteiger partial charge in [0.25, 0.3) is 23.6 Å². The first-order valence-corrected chi connectivity index (χ1v) is 48.3. The fourth-order valence-electron chi connectivity index (χ4n) is 18.9. The predicted octanol–water partition coefficient (Wildman–Crippen LogP) is 16.2. The molecular formula is C101H116N8O15S4. The number of hydrogen-bond donors (Lipinski definition) is 0. The molecule has 0 bridgehead atoms. The summed E-state index contributed by atoms with van der Waals surface area (Å²) in [5, 5.41) is 5.73. The molecule has 11 heterocycles. The van der Waals surface area contributed by atoms with Gasteiger partial charge < -0.3 is 57.7 Å². The van der Waals surface area contributed by atoms with E-state index in [1.54, 1.807) is 53.6 Å². The van der Waals surface area contributed by atoms with Gasteiger partial charge in [-0.25, -0.2) is 0 Å². The van der Waals surface area contributed by atoms with Gasteiger partial charge in [-0.2, -0.15) is 0 Å². The summed E-state index contributed by atoms with van der Waals surface area (Å²) in [6.45, 7) is 36.6. The van der Waals surface area contributed by atoms with Crippen LogP contribution in [0.15, 0.2) is 168 Å². The molecule has 19 rings (SSSR count). The maximum atomic E-state index is 13.0. The largest absolute Gasteiger partial charge is 0.488 e. The molecule has 2 unspecified atom stereocenters. The zero-order chi connectivity index (χ0) is 89.2. The Morgan fingerprint density at radius 1 is 0.414 bits per heavy atom. The molecule has 7 fully saturated rings. The molecule has 4 aliphatic carbocycles. The Morgan fingerprint density at radius 3 is 1.12 bits per heavy atom. The smallest absolute Gasteiger partial charge is 0.265 e. The van der Waals surface area contributed by atoms with Gasteiger partial charge in [0.1, 0.15) is 49.4 Å². The van der Waals surface area contributed by atoms with E-state index in [1.165, 1.54) is 33.6 Å². The first kappa shape index (κ1) is 91.4. The zero-order valence-electron chi connectivity index (χ0n) is 73.9. The number of fused-ring (bicyclic) bond motifs is 4. The van der Waals surface area contributed by atoms with Gasteiger partial charge in [-0.05, 0) is 168 Å². The number of morpholine rings is 3. The average Bonchev–Trinajstić information content (AvgIpc) is 1.64. The molecule has 11 aliphatic rings. The number of rotatable bonds is 25. The van der Waals surface area contributed by atoms with Crippen LogP contribution in [0.3, 0.4) is 0 Å². The number of amides is 4. The van der Waals surface area contributed by atoms with E-state index in [0.717, 1.165) is 233 Å². The van der Waals surface area contributed by atoms with E-state index in [9.17, 15) is 38.4 Å². The Bertz CT molecular complexity index is 5420. The van der Waals surface area contributed by atoms with Crippen LogP contribution in [0.5, 0.6) is 23.0 Å². The lowest BCUT2D eigenvalue weighted by molar-refractivity contribution is -0.124. The molecule has 3 saturated heterocycles. The normalized spacial score (nSPS) is 22.2. The van der Waals surface area contributed by atoms with Crippen molar-refractivity contribution in [2.75, 3.05) is 86.3 Å². The third-order valence-electron chi connectivity index (χ3n) is 25.7. The second kappa shape index (κ2) is 41.9. The highest BCUT2D eigenvalue weighted by Gasteiger charge is 2.44. The van der Waals surface area contributed by atoms with Gasteiger partial charge >= 0.3 is 0 Å². The molecule has 4 saturated carbocycles. The van der Waals surface area contributed by atoms with Crippen LogP contribution in [-0.4, -0.2) is 209 Å².